The Morgan fingerprint density at radius 3 is 2.76 bits per heavy atom. The molecular formula is C12H16N4O. The molecule has 5 heteroatoms. The number of azide groups is 1. The Labute approximate surface area is 100 Å². The largest absolute Gasteiger partial charge is 0.326 e. The SMILES string of the molecule is CCC(=O)Nc1ccc(CN=[N+]=[N-])c(CC)c1. The van der Waals surface area contributed by atoms with Gasteiger partial charge in [-0.05, 0) is 35.2 Å². The molecule has 0 fully saturated rings. The Morgan fingerprint density at radius 1 is 1.41 bits per heavy atom. The molecule has 0 bridgehead atoms. The van der Waals surface area contributed by atoms with Gasteiger partial charge in [-0.2, -0.15) is 0 Å². The summed E-state index contributed by atoms with van der Waals surface area (Å²) in [6, 6.07) is 5.64. The van der Waals surface area contributed by atoms with Crippen LogP contribution in [0.25, 0.3) is 10.4 Å². The zero-order valence-corrected chi connectivity index (χ0v) is 10.1. The minimum absolute atomic E-state index is 0.00477. The van der Waals surface area contributed by atoms with Gasteiger partial charge in [-0.25, -0.2) is 0 Å². The van der Waals surface area contributed by atoms with Crippen molar-refractivity contribution >= 4 is 11.6 Å². The highest BCUT2D eigenvalue weighted by atomic mass is 16.1. The van der Waals surface area contributed by atoms with E-state index in [0.29, 0.717) is 13.0 Å². The van der Waals surface area contributed by atoms with E-state index in [4.69, 9.17) is 5.53 Å². The van der Waals surface area contributed by atoms with Gasteiger partial charge >= 0.3 is 0 Å². The molecule has 17 heavy (non-hydrogen) atoms. The van der Waals surface area contributed by atoms with Gasteiger partial charge in [0, 0.05) is 17.0 Å². The number of benzene rings is 1. The molecule has 1 aromatic carbocycles. The second kappa shape index (κ2) is 6.55. The lowest BCUT2D eigenvalue weighted by molar-refractivity contribution is -0.115. The molecule has 1 amide bonds. The lowest BCUT2D eigenvalue weighted by atomic mass is 10.0. The molecule has 1 rings (SSSR count). The third-order valence-corrected chi connectivity index (χ3v) is 2.50. The molecular weight excluding hydrogens is 216 g/mol. The topological polar surface area (TPSA) is 77.9 Å². The summed E-state index contributed by atoms with van der Waals surface area (Å²) >= 11 is 0. The molecule has 0 spiro atoms. The van der Waals surface area contributed by atoms with Gasteiger partial charge in [-0.3, -0.25) is 4.79 Å². The quantitative estimate of drug-likeness (QED) is 0.471. The van der Waals surface area contributed by atoms with Crippen LogP contribution in [0.3, 0.4) is 0 Å². The summed E-state index contributed by atoms with van der Waals surface area (Å²) in [6.45, 7) is 4.19. The van der Waals surface area contributed by atoms with Gasteiger partial charge in [0.05, 0.1) is 6.54 Å². The molecule has 0 radical (unpaired) electrons. The number of amides is 1. The van der Waals surface area contributed by atoms with Crippen LogP contribution >= 0.6 is 0 Å². The number of hydrogen-bond donors (Lipinski definition) is 1. The molecule has 1 aromatic rings. The maximum Gasteiger partial charge on any atom is 0.224 e. The molecule has 0 aliphatic rings. The van der Waals surface area contributed by atoms with E-state index >= 15 is 0 Å². The van der Waals surface area contributed by atoms with Crippen LogP contribution in [0.15, 0.2) is 23.3 Å². The summed E-state index contributed by atoms with van der Waals surface area (Å²) < 4.78 is 0. The van der Waals surface area contributed by atoms with Gasteiger partial charge < -0.3 is 5.32 Å². The first-order chi connectivity index (χ1) is 8.21. The monoisotopic (exact) mass is 232 g/mol. The van der Waals surface area contributed by atoms with Gasteiger partial charge in [0.15, 0.2) is 0 Å². The standard InChI is InChI=1S/C12H16N4O/c1-3-9-7-11(15-12(17)4-2)6-5-10(9)8-14-16-13/h5-7H,3-4,8H2,1-2H3,(H,15,17). The third-order valence-electron chi connectivity index (χ3n) is 2.50. The molecule has 0 aromatic heterocycles. The van der Waals surface area contributed by atoms with Crippen LogP contribution in [0, 0.1) is 0 Å². The summed E-state index contributed by atoms with van der Waals surface area (Å²) in [7, 11) is 0. The second-order valence-electron chi connectivity index (χ2n) is 3.63. The van der Waals surface area contributed by atoms with Crippen LogP contribution < -0.4 is 5.32 Å². The predicted molar refractivity (Wildman–Crippen MR) is 67.6 cm³/mol. The van der Waals surface area contributed by atoms with E-state index in [2.05, 4.69) is 15.3 Å². The van der Waals surface area contributed by atoms with E-state index in [9.17, 15) is 4.79 Å². The number of rotatable bonds is 5. The normalized spacial score (nSPS) is 9.53. The highest BCUT2D eigenvalue weighted by molar-refractivity contribution is 5.90. The second-order valence-corrected chi connectivity index (χ2v) is 3.63. The van der Waals surface area contributed by atoms with Gasteiger partial charge in [-0.1, -0.05) is 25.0 Å². The highest BCUT2D eigenvalue weighted by Crippen LogP contribution is 2.18. The van der Waals surface area contributed by atoms with Crippen molar-refractivity contribution in [2.24, 2.45) is 5.11 Å². The van der Waals surface area contributed by atoms with Gasteiger partial charge in [0.2, 0.25) is 5.91 Å². The van der Waals surface area contributed by atoms with Crippen molar-refractivity contribution in [3.63, 3.8) is 0 Å². The summed E-state index contributed by atoms with van der Waals surface area (Å²) in [5.41, 5.74) is 11.2. The fourth-order valence-corrected chi connectivity index (χ4v) is 1.54. The molecule has 0 unspecified atom stereocenters. The smallest absolute Gasteiger partial charge is 0.224 e. The van der Waals surface area contributed by atoms with Crippen molar-refractivity contribution in [2.45, 2.75) is 33.2 Å². The first-order valence-electron chi connectivity index (χ1n) is 5.63. The van der Waals surface area contributed by atoms with Crippen molar-refractivity contribution in [1.82, 2.24) is 0 Å². The molecule has 1 N–H and O–H groups in total. The Hall–Kier alpha value is -2.00. The van der Waals surface area contributed by atoms with Gasteiger partial charge in [0.1, 0.15) is 0 Å². The Kier molecular flexibility index (Phi) is 5.04. The molecule has 0 heterocycles. The number of aryl methyl sites for hydroxylation is 1. The zero-order valence-electron chi connectivity index (χ0n) is 10.1. The van der Waals surface area contributed by atoms with E-state index in [1.54, 1.807) is 0 Å². The number of carbonyl (C=O) groups excluding carboxylic acids is 1. The lowest BCUT2D eigenvalue weighted by Gasteiger charge is -2.09. The van der Waals surface area contributed by atoms with Crippen LogP contribution in [0.4, 0.5) is 5.69 Å². The average Bonchev–Trinajstić information content (AvgIpc) is 2.36. The van der Waals surface area contributed by atoms with Crippen molar-refractivity contribution in [1.29, 1.82) is 0 Å². The highest BCUT2D eigenvalue weighted by Gasteiger charge is 2.03. The lowest BCUT2D eigenvalue weighted by Crippen LogP contribution is -2.09. The van der Waals surface area contributed by atoms with E-state index < -0.39 is 0 Å². The van der Waals surface area contributed by atoms with E-state index in [-0.39, 0.29) is 5.91 Å². The van der Waals surface area contributed by atoms with Crippen molar-refractivity contribution < 1.29 is 4.79 Å². The average molecular weight is 232 g/mol. The molecule has 0 saturated heterocycles. The van der Waals surface area contributed by atoms with E-state index in [1.807, 2.05) is 32.0 Å². The minimum atomic E-state index is -0.00477. The summed E-state index contributed by atoms with van der Waals surface area (Å²) in [6.07, 6.45) is 1.30. The molecule has 0 aliphatic carbocycles. The molecule has 0 atom stereocenters. The molecule has 5 nitrogen and oxygen atoms in total. The number of nitrogens with zero attached hydrogens (tertiary/aromatic N) is 3. The van der Waals surface area contributed by atoms with Crippen LogP contribution in [-0.4, -0.2) is 5.91 Å². The van der Waals surface area contributed by atoms with Crippen molar-refractivity contribution in [3.05, 3.63) is 39.8 Å². The summed E-state index contributed by atoms with van der Waals surface area (Å²) in [5.74, 6) is -0.00477. The first-order valence-corrected chi connectivity index (χ1v) is 5.63. The van der Waals surface area contributed by atoms with Crippen molar-refractivity contribution in [3.8, 4) is 0 Å². The van der Waals surface area contributed by atoms with E-state index in [1.165, 1.54) is 0 Å². The Morgan fingerprint density at radius 2 is 2.18 bits per heavy atom. The summed E-state index contributed by atoms with van der Waals surface area (Å²) in [4.78, 5) is 14.0. The number of hydrogen-bond acceptors (Lipinski definition) is 2. The van der Waals surface area contributed by atoms with Crippen molar-refractivity contribution in [2.75, 3.05) is 5.32 Å². The fraction of sp³-hybridized carbons (Fsp3) is 0.417. The maximum atomic E-state index is 11.3. The van der Waals surface area contributed by atoms with Crippen LogP contribution in [0.5, 0.6) is 0 Å². The van der Waals surface area contributed by atoms with Gasteiger partial charge in [0.25, 0.3) is 0 Å². The zero-order chi connectivity index (χ0) is 12.7. The molecule has 90 valence electrons. The fourth-order valence-electron chi connectivity index (χ4n) is 1.54. The van der Waals surface area contributed by atoms with Crippen LogP contribution in [0.2, 0.25) is 0 Å². The summed E-state index contributed by atoms with van der Waals surface area (Å²) in [5, 5.41) is 6.36. The molecule has 0 aliphatic heterocycles. The maximum absolute atomic E-state index is 11.3. The Balaban J connectivity index is 2.91. The Bertz CT molecular complexity index is 450. The third kappa shape index (κ3) is 3.81. The van der Waals surface area contributed by atoms with Gasteiger partial charge in [-0.15, -0.1) is 0 Å². The predicted octanol–water partition coefficient (Wildman–Crippen LogP) is 3.41. The number of nitrogens with one attached hydrogen (secondary N) is 1. The first kappa shape index (κ1) is 13.1. The number of anilines is 1. The van der Waals surface area contributed by atoms with Crippen LogP contribution in [0.1, 0.15) is 31.4 Å². The van der Waals surface area contributed by atoms with E-state index in [0.717, 1.165) is 23.2 Å². The van der Waals surface area contributed by atoms with Crippen LogP contribution in [-0.2, 0) is 17.8 Å². The number of carbonyl (C=O) groups is 1. The molecule has 0 saturated carbocycles. The minimum Gasteiger partial charge on any atom is -0.326 e.